The number of anilines is 1. The van der Waals surface area contributed by atoms with E-state index < -0.39 is 11.6 Å². The predicted molar refractivity (Wildman–Crippen MR) is 129 cm³/mol. The first-order chi connectivity index (χ1) is 14.8. The zero-order valence-corrected chi connectivity index (χ0v) is 20.1. The van der Waals surface area contributed by atoms with Gasteiger partial charge in [0.25, 0.3) is 0 Å². The third-order valence-electron chi connectivity index (χ3n) is 4.67. The number of nitrogens with one attached hydrogen (secondary N) is 2. The molecule has 0 radical (unpaired) electrons. The number of hydrogen-bond acceptors (Lipinski definition) is 4. The van der Waals surface area contributed by atoms with Gasteiger partial charge in [-0.05, 0) is 38.8 Å². The molecule has 1 aromatic heterocycles. The maximum absolute atomic E-state index is 12.7. The molecule has 0 saturated heterocycles. The summed E-state index contributed by atoms with van der Waals surface area (Å²) in [5.41, 5.74) is 0.953. The van der Waals surface area contributed by atoms with Crippen molar-refractivity contribution in [3.8, 4) is 0 Å². The van der Waals surface area contributed by atoms with Crippen molar-refractivity contribution in [2.45, 2.75) is 78.2 Å². The minimum Gasteiger partial charge on any atom is -0.456 e. The lowest BCUT2D eigenvalue weighted by Gasteiger charge is -2.19. The summed E-state index contributed by atoms with van der Waals surface area (Å²) in [6.07, 6.45) is 7.72. The fraction of sp³-hybridized carbons (Fsp3) is 0.520. The van der Waals surface area contributed by atoms with Gasteiger partial charge in [0.05, 0.1) is 5.56 Å². The van der Waals surface area contributed by atoms with Crippen molar-refractivity contribution in [2.24, 2.45) is 0 Å². The van der Waals surface area contributed by atoms with Crippen LogP contribution in [0.1, 0.15) is 87.0 Å². The van der Waals surface area contributed by atoms with Crippen LogP contribution in [0.3, 0.4) is 0 Å². The molecule has 5 nitrogen and oxygen atoms in total. The van der Waals surface area contributed by atoms with Gasteiger partial charge in [-0.25, -0.2) is 9.59 Å². The molecule has 6 heteroatoms. The molecule has 2 rings (SSSR count). The van der Waals surface area contributed by atoms with E-state index in [1.54, 1.807) is 0 Å². The summed E-state index contributed by atoms with van der Waals surface area (Å²) in [5.74, 6) is -0.422. The molecule has 2 aromatic rings. The molecule has 2 N–H and O–H groups in total. The Balaban J connectivity index is 2.00. The predicted octanol–water partition coefficient (Wildman–Crippen LogP) is 6.78. The number of benzene rings is 1. The van der Waals surface area contributed by atoms with E-state index in [4.69, 9.17) is 4.74 Å². The molecule has 0 aliphatic heterocycles. The second-order valence-electron chi connectivity index (χ2n) is 8.77. The van der Waals surface area contributed by atoms with Gasteiger partial charge in [-0.15, -0.1) is 11.3 Å². The van der Waals surface area contributed by atoms with Crippen LogP contribution < -0.4 is 10.6 Å². The third kappa shape index (κ3) is 9.55. The maximum atomic E-state index is 12.7. The number of unbranched alkanes of at least 4 members (excludes halogenated alkanes) is 5. The number of carbonyl (C=O) groups is 2. The van der Waals surface area contributed by atoms with E-state index in [1.807, 2.05) is 57.2 Å². The number of urea groups is 1. The van der Waals surface area contributed by atoms with Gasteiger partial charge >= 0.3 is 12.0 Å². The average Bonchev–Trinajstić information content (AvgIpc) is 3.09. The Kier molecular flexibility index (Phi) is 10.0. The molecule has 0 bridgehead atoms. The van der Waals surface area contributed by atoms with Crippen molar-refractivity contribution in [1.82, 2.24) is 5.32 Å². The van der Waals surface area contributed by atoms with E-state index in [0.29, 0.717) is 23.5 Å². The fourth-order valence-corrected chi connectivity index (χ4v) is 4.23. The fourth-order valence-electron chi connectivity index (χ4n) is 3.16. The van der Waals surface area contributed by atoms with E-state index in [-0.39, 0.29) is 6.03 Å². The largest absolute Gasteiger partial charge is 0.456 e. The molecule has 0 fully saturated rings. The Morgan fingerprint density at radius 3 is 2.35 bits per heavy atom. The Hall–Kier alpha value is -2.34. The van der Waals surface area contributed by atoms with Gasteiger partial charge in [-0.1, -0.05) is 69.4 Å². The monoisotopic (exact) mass is 444 g/mol. The Morgan fingerprint density at radius 2 is 1.68 bits per heavy atom. The summed E-state index contributed by atoms with van der Waals surface area (Å²) < 4.78 is 5.55. The first-order valence-electron chi connectivity index (χ1n) is 11.2. The molecule has 170 valence electrons. The van der Waals surface area contributed by atoms with Gasteiger partial charge in [-0.3, -0.25) is 5.32 Å². The molecule has 0 unspecified atom stereocenters. The molecular weight excluding hydrogens is 408 g/mol. The highest BCUT2D eigenvalue weighted by atomic mass is 32.1. The normalized spacial score (nSPS) is 11.2. The molecule has 0 atom stereocenters. The van der Waals surface area contributed by atoms with Crippen molar-refractivity contribution in [2.75, 3.05) is 11.9 Å². The molecule has 0 saturated carbocycles. The first kappa shape index (κ1) is 24.9. The lowest BCUT2D eigenvalue weighted by molar-refractivity contribution is 0.00712. The number of ether oxygens (including phenoxy) is 1. The number of rotatable bonds is 11. The molecule has 31 heavy (non-hydrogen) atoms. The summed E-state index contributed by atoms with van der Waals surface area (Å²) in [6.45, 7) is 8.34. The van der Waals surface area contributed by atoms with Crippen LogP contribution in [0.5, 0.6) is 0 Å². The number of carbonyl (C=O) groups excluding carboxylic acids is 2. The molecule has 0 aliphatic carbocycles. The van der Waals surface area contributed by atoms with Crippen molar-refractivity contribution < 1.29 is 14.3 Å². The van der Waals surface area contributed by atoms with Crippen LogP contribution in [-0.2, 0) is 11.2 Å². The highest BCUT2D eigenvalue weighted by Crippen LogP contribution is 2.31. The first-order valence-corrected chi connectivity index (χ1v) is 12.0. The van der Waals surface area contributed by atoms with Gasteiger partial charge in [-0.2, -0.15) is 0 Å². The van der Waals surface area contributed by atoms with Gasteiger partial charge in [0.2, 0.25) is 0 Å². The number of esters is 1. The topological polar surface area (TPSA) is 67.4 Å². The van der Waals surface area contributed by atoms with Crippen LogP contribution in [-0.4, -0.2) is 24.1 Å². The summed E-state index contributed by atoms with van der Waals surface area (Å²) in [6, 6.07) is 11.6. The lowest BCUT2D eigenvalue weighted by Crippen LogP contribution is -2.30. The molecule has 2 amide bonds. The highest BCUT2D eigenvalue weighted by Gasteiger charge is 2.24. The van der Waals surface area contributed by atoms with E-state index in [1.165, 1.54) is 37.0 Å². The van der Waals surface area contributed by atoms with Crippen molar-refractivity contribution >= 4 is 28.3 Å². The SMILES string of the molecule is CCCCCCCCNC(=O)Nc1sc(Cc2ccccc2)cc1C(=O)OC(C)(C)C. The smallest absolute Gasteiger partial charge is 0.341 e. The quantitative estimate of drug-likeness (QED) is 0.297. The molecule has 1 aromatic carbocycles. The minimum atomic E-state index is -0.601. The van der Waals surface area contributed by atoms with Gasteiger partial charge in [0, 0.05) is 17.8 Å². The summed E-state index contributed by atoms with van der Waals surface area (Å²) in [7, 11) is 0. The third-order valence-corrected chi connectivity index (χ3v) is 5.72. The maximum Gasteiger partial charge on any atom is 0.341 e. The van der Waals surface area contributed by atoms with Gasteiger partial charge < -0.3 is 10.1 Å². The van der Waals surface area contributed by atoms with Crippen LogP contribution in [0.4, 0.5) is 9.80 Å². The Bertz CT molecular complexity index is 825. The zero-order valence-electron chi connectivity index (χ0n) is 19.3. The van der Waals surface area contributed by atoms with Crippen molar-refractivity contribution in [3.05, 3.63) is 52.4 Å². The number of thiophene rings is 1. The van der Waals surface area contributed by atoms with Crippen LogP contribution in [0, 0.1) is 0 Å². The summed E-state index contributed by atoms with van der Waals surface area (Å²) in [4.78, 5) is 26.1. The van der Waals surface area contributed by atoms with Gasteiger partial charge in [0.15, 0.2) is 0 Å². The Morgan fingerprint density at radius 1 is 1.00 bits per heavy atom. The zero-order chi connectivity index (χ0) is 22.7. The highest BCUT2D eigenvalue weighted by molar-refractivity contribution is 7.16. The van der Waals surface area contributed by atoms with E-state index >= 15 is 0 Å². The van der Waals surface area contributed by atoms with Crippen molar-refractivity contribution in [1.29, 1.82) is 0 Å². The molecule has 0 spiro atoms. The van der Waals surface area contributed by atoms with Crippen LogP contribution in [0.2, 0.25) is 0 Å². The second kappa shape index (κ2) is 12.5. The second-order valence-corrected chi connectivity index (χ2v) is 9.91. The number of hydrogen-bond donors (Lipinski definition) is 2. The summed E-state index contributed by atoms with van der Waals surface area (Å²) >= 11 is 1.42. The van der Waals surface area contributed by atoms with Crippen molar-refractivity contribution in [3.63, 3.8) is 0 Å². The molecule has 0 aliphatic rings. The Labute approximate surface area is 190 Å². The lowest BCUT2D eigenvalue weighted by atomic mass is 10.1. The standard InChI is InChI=1S/C25H36N2O3S/c1-5-6-7-8-9-13-16-26-24(29)27-22-21(23(28)30-25(2,3)4)18-20(31-22)17-19-14-11-10-12-15-19/h10-12,14-15,18H,5-9,13,16-17H2,1-4H3,(H2,26,27,29). The summed E-state index contributed by atoms with van der Waals surface area (Å²) in [5, 5.41) is 6.29. The van der Waals surface area contributed by atoms with E-state index in [0.717, 1.165) is 23.3 Å². The van der Waals surface area contributed by atoms with Gasteiger partial charge in [0.1, 0.15) is 10.6 Å². The molecule has 1 heterocycles. The van der Waals surface area contributed by atoms with E-state index in [2.05, 4.69) is 17.6 Å². The average molecular weight is 445 g/mol. The number of amides is 2. The van der Waals surface area contributed by atoms with Crippen LogP contribution in [0.25, 0.3) is 0 Å². The minimum absolute atomic E-state index is 0.286. The van der Waals surface area contributed by atoms with Crippen LogP contribution in [0.15, 0.2) is 36.4 Å². The van der Waals surface area contributed by atoms with Crippen LogP contribution >= 0.6 is 11.3 Å². The van der Waals surface area contributed by atoms with E-state index in [9.17, 15) is 9.59 Å². The molecular formula is C25H36N2O3S.